The quantitative estimate of drug-likeness (QED) is 0.703. The second kappa shape index (κ2) is 6.00. The number of nitrogens with one attached hydrogen (secondary N) is 2. The summed E-state index contributed by atoms with van der Waals surface area (Å²) in [6, 6.07) is 2.20. The number of pyridine rings is 1. The molecule has 0 aliphatic rings. The first kappa shape index (κ1) is 14.7. The molecule has 0 saturated carbocycles. The number of aromatic carboxylic acids is 1. The Morgan fingerprint density at radius 1 is 1.47 bits per heavy atom. The van der Waals surface area contributed by atoms with Crippen LogP contribution in [0.5, 0.6) is 0 Å². The minimum absolute atomic E-state index is 0.00804. The molecule has 3 N–H and O–H groups in total. The molecule has 0 aliphatic carbocycles. The summed E-state index contributed by atoms with van der Waals surface area (Å²) in [7, 11) is -4.23. The van der Waals surface area contributed by atoms with Crippen LogP contribution in [0.2, 0.25) is 0 Å². The molecule has 1 aromatic rings. The second-order valence-corrected chi connectivity index (χ2v) is 4.58. The molecule has 0 saturated heterocycles. The number of nitrogens with zero attached hydrogens (tertiary/aromatic N) is 1. The zero-order valence-electron chi connectivity index (χ0n) is 9.78. The molecule has 0 aliphatic heterocycles. The number of rotatable bonds is 5. The third kappa shape index (κ3) is 4.79. The van der Waals surface area contributed by atoms with E-state index in [0.29, 0.717) is 0 Å². The third-order valence-corrected chi connectivity index (χ3v) is 2.65. The molecule has 0 bridgehead atoms. The maximum atomic E-state index is 11.5. The molecule has 19 heavy (non-hydrogen) atoms. The van der Waals surface area contributed by atoms with Gasteiger partial charge in [0, 0.05) is 6.20 Å². The first-order valence-corrected chi connectivity index (χ1v) is 6.49. The summed E-state index contributed by atoms with van der Waals surface area (Å²) in [6.45, 7) is 1.52. The summed E-state index contributed by atoms with van der Waals surface area (Å²) < 4.78 is 30.8. The second-order valence-electron chi connectivity index (χ2n) is 3.16. The predicted molar refractivity (Wildman–Crippen MR) is 63.9 cm³/mol. The number of aromatic nitrogens is 1. The zero-order chi connectivity index (χ0) is 14.5. The lowest BCUT2D eigenvalue weighted by molar-refractivity contribution is 0.0696. The van der Waals surface area contributed by atoms with Crippen molar-refractivity contribution in [2.45, 2.75) is 6.92 Å². The Morgan fingerprint density at radius 2 is 2.16 bits per heavy atom. The Kier molecular flexibility index (Phi) is 4.64. The maximum Gasteiger partial charge on any atom is 0.422 e. The van der Waals surface area contributed by atoms with Crippen LogP contribution in [-0.2, 0) is 14.9 Å². The molecule has 0 radical (unpaired) electrons. The molecule has 0 unspecified atom stereocenters. The maximum absolute atomic E-state index is 11.5. The van der Waals surface area contributed by atoms with Gasteiger partial charge in [0.25, 0.3) is 0 Å². The van der Waals surface area contributed by atoms with Gasteiger partial charge in [-0.3, -0.25) is 4.72 Å². The molecule has 9 nitrogen and oxygen atoms in total. The fourth-order valence-corrected chi connectivity index (χ4v) is 1.77. The smallest absolute Gasteiger partial charge is 0.422 e. The van der Waals surface area contributed by atoms with E-state index in [0.717, 1.165) is 12.3 Å². The normalized spacial score (nSPS) is 10.6. The van der Waals surface area contributed by atoms with Crippen LogP contribution >= 0.6 is 0 Å². The molecule has 1 heterocycles. The zero-order valence-corrected chi connectivity index (χ0v) is 10.6. The van der Waals surface area contributed by atoms with Crippen molar-refractivity contribution in [3.05, 3.63) is 23.9 Å². The number of ether oxygens (including phenoxy) is 1. The minimum Gasteiger partial charge on any atom is -0.478 e. The standard InChI is InChI=1S/C9H11N3O6S/c1-2-18-9(15)12-19(16,17)11-7-5-6(8(13)14)3-4-10-7/h3-5H,2H2,1H3,(H,10,11)(H,12,15)(H,13,14). The number of hydrogen-bond donors (Lipinski definition) is 3. The lowest BCUT2D eigenvalue weighted by atomic mass is 10.3. The van der Waals surface area contributed by atoms with Gasteiger partial charge in [-0.2, -0.15) is 8.42 Å². The third-order valence-electron chi connectivity index (χ3n) is 1.74. The molecule has 10 heteroatoms. The van der Waals surface area contributed by atoms with Crippen LogP contribution in [0.25, 0.3) is 0 Å². The summed E-state index contributed by atoms with van der Waals surface area (Å²) in [4.78, 5) is 25.3. The highest BCUT2D eigenvalue weighted by Crippen LogP contribution is 2.08. The van der Waals surface area contributed by atoms with Crippen molar-refractivity contribution in [3.8, 4) is 0 Å². The summed E-state index contributed by atoms with van der Waals surface area (Å²) in [6.07, 6.45) is -0.0320. The molecule has 1 amide bonds. The Morgan fingerprint density at radius 3 is 2.74 bits per heavy atom. The molecule has 104 valence electrons. The van der Waals surface area contributed by atoms with Gasteiger partial charge in [0.1, 0.15) is 5.82 Å². The van der Waals surface area contributed by atoms with E-state index in [2.05, 4.69) is 9.72 Å². The summed E-state index contributed by atoms with van der Waals surface area (Å²) in [5, 5.41) is 8.73. The van der Waals surface area contributed by atoms with Gasteiger partial charge in [0.15, 0.2) is 0 Å². The molecule has 1 rings (SSSR count). The van der Waals surface area contributed by atoms with Crippen molar-refractivity contribution >= 4 is 28.1 Å². The van der Waals surface area contributed by atoms with Crippen molar-refractivity contribution in [2.75, 3.05) is 11.3 Å². The molecule has 0 aromatic carbocycles. The monoisotopic (exact) mass is 289 g/mol. The van der Waals surface area contributed by atoms with Gasteiger partial charge < -0.3 is 9.84 Å². The Balaban J connectivity index is 2.81. The number of carboxylic acids is 1. The van der Waals surface area contributed by atoms with E-state index in [1.807, 2.05) is 4.72 Å². The topological polar surface area (TPSA) is 135 Å². The molecular weight excluding hydrogens is 278 g/mol. The Labute approximate surface area is 108 Å². The summed E-state index contributed by atoms with van der Waals surface area (Å²) in [5.41, 5.74) is -0.149. The highest BCUT2D eigenvalue weighted by Gasteiger charge is 2.16. The van der Waals surface area contributed by atoms with Crippen LogP contribution in [0.4, 0.5) is 10.6 Å². The van der Waals surface area contributed by atoms with Crippen molar-refractivity contribution in [3.63, 3.8) is 0 Å². The number of carboxylic acid groups (broad SMARTS) is 1. The average Bonchev–Trinajstić information content (AvgIpc) is 2.27. The summed E-state index contributed by atoms with van der Waals surface area (Å²) >= 11 is 0. The van der Waals surface area contributed by atoms with E-state index >= 15 is 0 Å². The number of carbonyl (C=O) groups excluding carboxylic acids is 1. The van der Waals surface area contributed by atoms with Crippen molar-refractivity contribution < 1.29 is 27.9 Å². The van der Waals surface area contributed by atoms with Gasteiger partial charge in [0.2, 0.25) is 0 Å². The largest absolute Gasteiger partial charge is 0.478 e. The Hall–Kier alpha value is -2.36. The van der Waals surface area contributed by atoms with Crippen LogP contribution < -0.4 is 9.44 Å². The van der Waals surface area contributed by atoms with Gasteiger partial charge in [-0.1, -0.05) is 0 Å². The number of amides is 1. The molecule has 0 atom stereocenters. The van der Waals surface area contributed by atoms with Crippen molar-refractivity contribution in [2.24, 2.45) is 0 Å². The minimum atomic E-state index is -4.23. The SMILES string of the molecule is CCOC(=O)NS(=O)(=O)Nc1cc(C(=O)O)ccn1. The average molecular weight is 289 g/mol. The van der Waals surface area contributed by atoms with Crippen LogP contribution in [0, 0.1) is 0 Å². The van der Waals surface area contributed by atoms with Gasteiger partial charge in [-0.25, -0.2) is 19.3 Å². The van der Waals surface area contributed by atoms with Crippen LogP contribution in [-0.4, -0.2) is 37.2 Å². The van der Waals surface area contributed by atoms with Crippen LogP contribution in [0.1, 0.15) is 17.3 Å². The first-order valence-electron chi connectivity index (χ1n) is 5.00. The van der Waals surface area contributed by atoms with E-state index in [1.165, 1.54) is 13.0 Å². The van der Waals surface area contributed by atoms with Gasteiger partial charge in [-0.05, 0) is 19.1 Å². The molecule has 1 aromatic heterocycles. The highest BCUT2D eigenvalue weighted by atomic mass is 32.2. The number of anilines is 1. The number of hydrogen-bond acceptors (Lipinski definition) is 6. The number of carbonyl (C=O) groups is 2. The fourth-order valence-electron chi connectivity index (χ4n) is 1.05. The lowest BCUT2D eigenvalue weighted by Gasteiger charge is -2.08. The highest BCUT2D eigenvalue weighted by molar-refractivity contribution is 7.91. The molecular formula is C9H11N3O6S. The van der Waals surface area contributed by atoms with Gasteiger partial charge in [0.05, 0.1) is 12.2 Å². The van der Waals surface area contributed by atoms with E-state index in [-0.39, 0.29) is 18.0 Å². The fraction of sp³-hybridized carbons (Fsp3) is 0.222. The van der Waals surface area contributed by atoms with Crippen molar-refractivity contribution in [1.29, 1.82) is 0 Å². The van der Waals surface area contributed by atoms with E-state index < -0.39 is 22.3 Å². The van der Waals surface area contributed by atoms with E-state index in [4.69, 9.17) is 5.11 Å². The van der Waals surface area contributed by atoms with Crippen molar-refractivity contribution in [1.82, 2.24) is 9.71 Å². The van der Waals surface area contributed by atoms with Gasteiger partial charge >= 0.3 is 22.3 Å². The van der Waals surface area contributed by atoms with Crippen LogP contribution in [0.3, 0.4) is 0 Å². The summed E-state index contributed by atoms with van der Waals surface area (Å²) in [5.74, 6) is -1.47. The molecule has 0 fully saturated rings. The lowest BCUT2D eigenvalue weighted by Crippen LogP contribution is -2.36. The predicted octanol–water partition coefficient (Wildman–Crippen LogP) is 0.183. The van der Waals surface area contributed by atoms with E-state index in [1.54, 1.807) is 4.72 Å². The van der Waals surface area contributed by atoms with E-state index in [9.17, 15) is 18.0 Å². The Bertz CT molecular complexity index is 585. The van der Waals surface area contributed by atoms with Gasteiger partial charge in [-0.15, -0.1) is 0 Å². The first-order chi connectivity index (χ1) is 8.84. The van der Waals surface area contributed by atoms with Crippen LogP contribution in [0.15, 0.2) is 18.3 Å². The molecule has 0 spiro atoms.